The zero-order valence-electron chi connectivity index (χ0n) is 14.0. The van der Waals surface area contributed by atoms with Crippen LogP contribution in [-0.2, 0) is 0 Å². The van der Waals surface area contributed by atoms with Gasteiger partial charge in [0.25, 0.3) is 0 Å². The molecular weight excluding hydrogens is 350 g/mol. The van der Waals surface area contributed by atoms with Gasteiger partial charge in [0.15, 0.2) is 11.5 Å². The molecule has 2 aromatic heterocycles. The van der Waals surface area contributed by atoms with Crippen molar-refractivity contribution in [3.8, 4) is 11.5 Å². The monoisotopic (exact) mass is 369 g/mol. The van der Waals surface area contributed by atoms with Gasteiger partial charge in [-0.2, -0.15) is 0 Å². The van der Waals surface area contributed by atoms with Gasteiger partial charge in [-0.1, -0.05) is 18.2 Å². The molecular formula is C19H19N3O3S. The number of pyridine rings is 1. The van der Waals surface area contributed by atoms with Gasteiger partial charge < -0.3 is 20.6 Å². The fourth-order valence-corrected chi connectivity index (χ4v) is 3.15. The van der Waals surface area contributed by atoms with Crippen molar-refractivity contribution in [2.24, 2.45) is 0 Å². The molecule has 6 nitrogen and oxygen atoms in total. The molecule has 134 valence electrons. The molecule has 3 rings (SSSR count). The molecule has 26 heavy (non-hydrogen) atoms. The van der Waals surface area contributed by atoms with Crippen LogP contribution in [0.5, 0.6) is 11.5 Å². The molecule has 0 unspecified atom stereocenters. The summed E-state index contributed by atoms with van der Waals surface area (Å²) in [6.45, 7) is 0.857. The number of nitrogens with one attached hydrogen (secondary N) is 1. The summed E-state index contributed by atoms with van der Waals surface area (Å²) < 4.78 is 0.817. The second-order valence-corrected chi connectivity index (χ2v) is 6.62. The predicted molar refractivity (Wildman–Crippen MR) is 105 cm³/mol. The summed E-state index contributed by atoms with van der Waals surface area (Å²) in [6, 6.07) is 6.82. The maximum atomic E-state index is 9.52. The lowest BCUT2D eigenvalue weighted by Gasteiger charge is -2.03. The largest absolute Gasteiger partial charge is 0.504 e. The summed E-state index contributed by atoms with van der Waals surface area (Å²) >= 11 is 1.44. The summed E-state index contributed by atoms with van der Waals surface area (Å²) in [5.74, 6) is 0.477. The number of aliphatic hydroxyl groups is 1. The lowest BCUT2D eigenvalue weighted by molar-refractivity contribution is 0.292. The number of rotatable bonds is 7. The van der Waals surface area contributed by atoms with Gasteiger partial charge in [-0.15, -0.1) is 11.3 Å². The Morgan fingerprint density at radius 2 is 1.88 bits per heavy atom. The maximum absolute atomic E-state index is 9.52. The van der Waals surface area contributed by atoms with Crippen LogP contribution in [0.25, 0.3) is 22.4 Å². The van der Waals surface area contributed by atoms with Crippen LogP contribution in [0, 0.1) is 0 Å². The maximum Gasteiger partial charge on any atom is 0.159 e. The fourth-order valence-electron chi connectivity index (χ4n) is 2.25. The average molecular weight is 369 g/mol. The van der Waals surface area contributed by atoms with Crippen LogP contribution in [-0.4, -0.2) is 38.4 Å². The zero-order valence-corrected chi connectivity index (χ0v) is 14.8. The van der Waals surface area contributed by atoms with Gasteiger partial charge in [0.2, 0.25) is 0 Å². The van der Waals surface area contributed by atoms with Crippen LogP contribution in [0.3, 0.4) is 0 Å². The molecule has 0 atom stereocenters. The first kappa shape index (κ1) is 17.9. The molecule has 7 heteroatoms. The molecule has 0 aliphatic heterocycles. The molecule has 1 aromatic carbocycles. The molecule has 0 saturated heterocycles. The Kier molecular flexibility index (Phi) is 5.83. The SMILES string of the molecule is OCCCNc1ccc(/C=C/C=C/c2nc3cc(O)c(O)cc3s2)cn1. The van der Waals surface area contributed by atoms with Crippen LogP contribution >= 0.6 is 11.3 Å². The third kappa shape index (κ3) is 4.59. The normalized spacial score (nSPS) is 11.7. The summed E-state index contributed by atoms with van der Waals surface area (Å²) in [5, 5.41) is 31.7. The highest BCUT2D eigenvalue weighted by atomic mass is 32.1. The van der Waals surface area contributed by atoms with E-state index in [1.807, 2.05) is 36.4 Å². The number of aliphatic hydroxyl groups excluding tert-OH is 1. The van der Waals surface area contributed by atoms with E-state index in [2.05, 4.69) is 15.3 Å². The van der Waals surface area contributed by atoms with E-state index < -0.39 is 0 Å². The number of phenolic OH excluding ortho intramolecular Hbond substituents is 2. The Hall–Kier alpha value is -2.90. The van der Waals surface area contributed by atoms with E-state index in [0.29, 0.717) is 18.5 Å². The van der Waals surface area contributed by atoms with Gasteiger partial charge in [0.1, 0.15) is 10.8 Å². The van der Waals surface area contributed by atoms with E-state index in [4.69, 9.17) is 5.11 Å². The first-order valence-corrected chi connectivity index (χ1v) is 8.95. The molecule has 0 aliphatic carbocycles. The van der Waals surface area contributed by atoms with Crippen molar-refractivity contribution in [2.75, 3.05) is 18.5 Å². The lowest BCUT2D eigenvalue weighted by Crippen LogP contribution is -2.04. The number of hydrogen-bond acceptors (Lipinski definition) is 7. The number of aromatic hydroxyl groups is 2. The first-order chi connectivity index (χ1) is 12.7. The molecule has 0 saturated carbocycles. The van der Waals surface area contributed by atoms with Crippen molar-refractivity contribution in [1.82, 2.24) is 9.97 Å². The highest BCUT2D eigenvalue weighted by Gasteiger charge is 2.06. The number of thiazole rings is 1. The first-order valence-electron chi connectivity index (χ1n) is 8.14. The molecule has 0 fully saturated rings. The van der Waals surface area contributed by atoms with E-state index in [0.717, 1.165) is 21.1 Å². The fraction of sp³-hybridized carbons (Fsp3) is 0.158. The number of phenols is 2. The van der Waals surface area contributed by atoms with Gasteiger partial charge in [0, 0.05) is 31.5 Å². The second kappa shape index (κ2) is 8.46. The molecule has 3 aromatic rings. The summed E-state index contributed by atoms with van der Waals surface area (Å²) in [5.41, 5.74) is 1.63. The molecule has 0 spiro atoms. The minimum absolute atomic E-state index is 0.140. The van der Waals surface area contributed by atoms with Crippen molar-refractivity contribution < 1.29 is 15.3 Å². The van der Waals surface area contributed by atoms with Crippen molar-refractivity contribution in [2.45, 2.75) is 6.42 Å². The summed E-state index contributed by atoms with van der Waals surface area (Å²) in [6.07, 6.45) is 10.1. The van der Waals surface area contributed by atoms with Gasteiger partial charge in [0.05, 0.1) is 10.2 Å². The molecule has 0 radical (unpaired) electrons. The lowest BCUT2D eigenvalue weighted by atomic mass is 10.2. The van der Waals surface area contributed by atoms with Crippen LogP contribution in [0.1, 0.15) is 17.0 Å². The number of benzene rings is 1. The van der Waals surface area contributed by atoms with Crippen molar-refractivity contribution in [3.05, 3.63) is 53.2 Å². The molecule has 0 aliphatic rings. The Bertz CT molecular complexity index is 894. The Morgan fingerprint density at radius 1 is 1.08 bits per heavy atom. The van der Waals surface area contributed by atoms with Gasteiger partial charge >= 0.3 is 0 Å². The number of fused-ring (bicyclic) bond motifs is 1. The minimum Gasteiger partial charge on any atom is -0.504 e. The van der Waals surface area contributed by atoms with Crippen molar-refractivity contribution >= 4 is 39.5 Å². The van der Waals surface area contributed by atoms with E-state index in [9.17, 15) is 10.2 Å². The number of nitrogens with zero attached hydrogens (tertiary/aromatic N) is 2. The van der Waals surface area contributed by atoms with Gasteiger partial charge in [-0.3, -0.25) is 0 Å². The smallest absolute Gasteiger partial charge is 0.159 e. The molecule has 4 N–H and O–H groups in total. The van der Waals surface area contributed by atoms with Gasteiger partial charge in [-0.25, -0.2) is 9.97 Å². The summed E-state index contributed by atoms with van der Waals surface area (Å²) in [7, 11) is 0. The number of anilines is 1. The number of aromatic nitrogens is 2. The Morgan fingerprint density at radius 3 is 2.65 bits per heavy atom. The van der Waals surface area contributed by atoms with Gasteiger partial charge in [-0.05, 0) is 30.2 Å². The summed E-state index contributed by atoms with van der Waals surface area (Å²) in [4.78, 5) is 8.70. The van der Waals surface area contributed by atoms with Crippen LogP contribution in [0.15, 0.2) is 42.6 Å². The molecule has 2 heterocycles. The van der Waals surface area contributed by atoms with E-state index in [1.165, 1.54) is 23.5 Å². The second-order valence-electron chi connectivity index (χ2n) is 5.56. The van der Waals surface area contributed by atoms with Crippen LogP contribution < -0.4 is 5.32 Å². The Labute approximate surface area is 154 Å². The molecule has 0 bridgehead atoms. The molecule has 0 amide bonds. The van der Waals surface area contributed by atoms with Crippen LogP contribution in [0.4, 0.5) is 5.82 Å². The highest BCUT2D eigenvalue weighted by molar-refractivity contribution is 7.19. The van der Waals surface area contributed by atoms with Crippen molar-refractivity contribution in [1.29, 1.82) is 0 Å². The highest BCUT2D eigenvalue weighted by Crippen LogP contribution is 2.33. The average Bonchev–Trinajstić information content (AvgIpc) is 3.02. The Balaban J connectivity index is 1.61. The van der Waals surface area contributed by atoms with Crippen LogP contribution in [0.2, 0.25) is 0 Å². The number of hydrogen-bond donors (Lipinski definition) is 4. The topological polar surface area (TPSA) is 98.5 Å². The third-order valence-corrected chi connectivity index (χ3v) is 4.55. The standard InChI is InChI=1S/C19H19N3O3S/c23-9-3-8-20-18-7-6-13(12-21-18)4-1-2-5-19-22-14-10-15(24)16(25)11-17(14)26-19/h1-2,4-7,10-12,23-25H,3,8-9H2,(H,20,21)/b4-1+,5-2+. The zero-order chi connectivity index (χ0) is 18.4. The quantitative estimate of drug-likeness (QED) is 0.288. The minimum atomic E-state index is -0.167. The predicted octanol–water partition coefficient (Wildman–Crippen LogP) is 3.62. The van der Waals surface area contributed by atoms with E-state index >= 15 is 0 Å². The third-order valence-electron chi connectivity index (χ3n) is 3.57. The van der Waals surface area contributed by atoms with E-state index in [-0.39, 0.29) is 18.1 Å². The van der Waals surface area contributed by atoms with E-state index in [1.54, 1.807) is 6.20 Å². The number of allylic oxidation sites excluding steroid dienone is 2. The van der Waals surface area contributed by atoms with Crippen molar-refractivity contribution in [3.63, 3.8) is 0 Å².